The van der Waals surface area contributed by atoms with E-state index in [0.717, 1.165) is 69.4 Å². The van der Waals surface area contributed by atoms with Gasteiger partial charge in [0.25, 0.3) is 0 Å². The first kappa shape index (κ1) is 51.0. The second-order valence-corrected chi connectivity index (χ2v) is 27.5. The molecule has 0 spiro atoms. The molecule has 0 saturated heterocycles. The van der Waals surface area contributed by atoms with Gasteiger partial charge in [0.05, 0.1) is 22.4 Å². The normalized spacial score (nSPS) is 15.0. The number of rotatable bonds is 23. The molecule has 368 valence electrons. The predicted molar refractivity (Wildman–Crippen MR) is 316 cm³/mol. The van der Waals surface area contributed by atoms with Gasteiger partial charge in [-0.15, -0.1) is 22.7 Å². The van der Waals surface area contributed by atoms with Crippen molar-refractivity contribution in [1.82, 2.24) is 9.97 Å². The molecule has 5 heteroatoms. The summed E-state index contributed by atoms with van der Waals surface area (Å²) in [5.41, 5.74) is 16.9. The second kappa shape index (κ2) is 23.3. The Labute approximate surface area is 436 Å². The summed E-state index contributed by atoms with van der Waals surface area (Å²) in [5.74, 6) is 1.51. The van der Waals surface area contributed by atoms with Gasteiger partial charge >= 0.3 is 0 Å². The molecule has 0 N–H and O–H groups in total. The molecule has 9 rings (SSSR count). The minimum atomic E-state index is -2.17. The van der Waals surface area contributed by atoms with E-state index in [0.29, 0.717) is 0 Å². The van der Waals surface area contributed by atoms with Crippen LogP contribution < -0.4 is 10.4 Å². The van der Waals surface area contributed by atoms with E-state index >= 15 is 0 Å². The van der Waals surface area contributed by atoms with Gasteiger partial charge in [-0.3, -0.25) is 0 Å². The molecule has 0 amide bonds. The summed E-state index contributed by atoms with van der Waals surface area (Å²) in [6.45, 7) is 18.7. The van der Waals surface area contributed by atoms with E-state index < -0.39 is 8.07 Å². The van der Waals surface area contributed by atoms with Gasteiger partial charge in [0, 0.05) is 41.8 Å². The van der Waals surface area contributed by atoms with Crippen LogP contribution in [0.4, 0.5) is 0 Å². The van der Waals surface area contributed by atoms with Crippen molar-refractivity contribution in [1.29, 1.82) is 0 Å². The summed E-state index contributed by atoms with van der Waals surface area (Å²) in [5, 5.41) is 3.43. The van der Waals surface area contributed by atoms with Crippen molar-refractivity contribution in [3.63, 3.8) is 0 Å². The third kappa shape index (κ3) is 10.9. The molecule has 8 aromatic rings. The van der Waals surface area contributed by atoms with Gasteiger partial charge in [0.1, 0.15) is 8.07 Å². The number of aryl methyl sites for hydroxylation is 4. The van der Waals surface area contributed by atoms with Crippen LogP contribution in [-0.2, 0) is 12.8 Å². The van der Waals surface area contributed by atoms with Crippen molar-refractivity contribution < 1.29 is 0 Å². The molecule has 2 unspecified atom stereocenters. The average molecular weight is 992 g/mol. The van der Waals surface area contributed by atoms with E-state index in [1.165, 1.54) is 142 Å². The Balaban J connectivity index is 1.20. The lowest BCUT2D eigenvalue weighted by Crippen LogP contribution is -2.57. The maximum absolute atomic E-state index is 5.80. The van der Waals surface area contributed by atoms with Crippen molar-refractivity contribution in [3.05, 3.63) is 143 Å². The highest BCUT2D eigenvalue weighted by Gasteiger charge is 2.47. The summed E-state index contributed by atoms with van der Waals surface area (Å²) in [4.78, 5) is 16.7. The fourth-order valence-corrected chi connectivity index (χ4v) is 20.3. The number of thiophene rings is 2. The number of hydrogen-bond donors (Lipinski definition) is 0. The highest BCUT2D eigenvalue weighted by Crippen LogP contribution is 2.45. The van der Waals surface area contributed by atoms with Crippen LogP contribution in [-0.4, -0.2) is 18.0 Å². The third-order valence-corrected chi connectivity index (χ3v) is 23.6. The molecule has 1 aliphatic rings. The predicted octanol–water partition coefficient (Wildman–Crippen LogP) is 19.4. The third-order valence-electron chi connectivity index (χ3n) is 16.0. The molecule has 0 fully saturated rings. The zero-order chi connectivity index (χ0) is 49.5. The molecule has 4 heterocycles. The largest absolute Gasteiger partial charge is 0.243 e. The van der Waals surface area contributed by atoms with Crippen LogP contribution in [0, 0.1) is 25.7 Å². The first-order valence-electron chi connectivity index (χ1n) is 27.7. The van der Waals surface area contributed by atoms with Crippen molar-refractivity contribution in [3.8, 4) is 65.0 Å². The Morgan fingerprint density at radius 1 is 0.437 bits per heavy atom. The van der Waals surface area contributed by atoms with Crippen LogP contribution in [0.15, 0.2) is 121 Å². The lowest BCUT2D eigenvalue weighted by Gasteiger charge is -2.37. The van der Waals surface area contributed by atoms with Crippen LogP contribution in [0.25, 0.3) is 76.0 Å². The van der Waals surface area contributed by atoms with Gasteiger partial charge in [-0.25, -0.2) is 9.97 Å². The van der Waals surface area contributed by atoms with E-state index in [9.17, 15) is 0 Å². The second-order valence-electron chi connectivity index (χ2n) is 21.1. The van der Waals surface area contributed by atoms with Crippen LogP contribution in [0.3, 0.4) is 0 Å². The van der Waals surface area contributed by atoms with E-state index in [1.54, 1.807) is 10.4 Å². The molecule has 5 aromatic carbocycles. The lowest BCUT2D eigenvalue weighted by molar-refractivity contribution is 0.469. The zero-order valence-electron chi connectivity index (χ0n) is 44.2. The molecule has 0 aliphatic carbocycles. The standard InChI is InChI=1S/C66H78N2S2Si/c1-9-15-19-47(13-5)43-71(44-48(14-6)20-16-10-2)61-41-45(7)23-34-54(61)55-35-33-53(42-62(55)71)58-39-40-60(70-58)57-37-36-56(59-38-24-46(8)69-59)65-66(57)68-64(52-31-27-50(28-32-52)22-18-12-4)63(67-65)51-29-25-49(26-30-51)21-17-11-3/h23-42,47-48H,9-22,43-44H2,1-8H3. The Morgan fingerprint density at radius 3 is 1.38 bits per heavy atom. The Bertz CT molecular complexity index is 3030. The summed E-state index contributed by atoms with van der Waals surface area (Å²) in [6.07, 6.45) is 17.4. The van der Waals surface area contributed by atoms with Gasteiger partial charge in [0.15, 0.2) is 0 Å². The number of nitrogens with zero attached hydrogens (tertiary/aromatic N) is 2. The van der Waals surface area contributed by atoms with Crippen molar-refractivity contribution >= 4 is 52.2 Å². The first-order valence-corrected chi connectivity index (χ1v) is 31.7. The molecule has 1 aliphatic heterocycles. The van der Waals surface area contributed by atoms with E-state index in [1.807, 2.05) is 22.7 Å². The summed E-state index contributed by atoms with van der Waals surface area (Å²) in [7, 11) is -2.17. The smallest absolute Gasteiger partial charge is 0.120 e. The summed E-state index contributed by atoms with van der Waals surface area (Å²) < 4.78 is 0. The first-order chi connectivity index (χ1) is 34.7. The number of hydrogen-bond acceptors (Lipinski definition) is 4. The number of unbranched alkanes of at least 4 members (excludes halogenated alkanes) is 4. The van der Waals surface area contributed by atoms with E-state index in [2.05, 4.69) is 177 Å². The summed E-state index contributed by atoms with van der Waals surface area (Å²) in [6, 6.07) is 50.1. The van der Waals surface area contributed by atoms with Crippen LogP contribution in [0.5, 0.6) is 0 Å². The van der Waals surface area contributed by atoms with Crippen LogP contribution in [0.2, 0.25) is 12.1 Å². The maximum atomic E-state index is 5.80. The highest BCUT2D eigenvalue weighted by atomic mass is 32.1. The number of fused-ring (bicyclic) bond motifs is 4. The van der Waals surface area contributed by atoms with Gasteiger partial charge in [0.2, 0.25) is 0 Å². The highest BCUT2D eigenvalue weighted by molar-refractivity contribution is 7.19. The average Bonchev–Trinajstić information content (AvgIpc) is 4.14. The molecular weight excluding hydrogens is 913 g/mol. The molecule has 3 aromatic heterocycles. The SMILES string of the molecule is CCCCc1ccc(-c2nc3c(-c4ccc(C)s4)ccc(-c4ccc(-c5ccc6c(c5)[Si](CC(CC)CCCC)(CC(CC)CCCC)c5cc(C)ccc5-6)s4)c3nc2-c2ccc(CCCC)cc2)cc1. The number of aromatic nitrogens is 2. The fraction of sp³-hybridized carbons (Fsp3) is 0.394. The minimum absolute atomic E-state index is 0.756. The van der Waals surface area contributed by atoms with Crippen molar-refractivity contribution in [2.75, 3.05) is 0 Å². The van der Waals surface area contributed by atoms with Crippen LogP contribution >= 0.6 is 22.7 Å². The van der Waals surface area contributed by atoms with E-state index in [4.69, 9.17) is 9.97 Å². The summed E-state index contributed by atoms with van der Waals surface area (Å²) >= 11 is 3.76. The molecule has 71 heavy (non-hydrogen) atoms. The van der Waals surface area contributed by atoms with Gasteiger partial charge < -0.3 is 0 Å². The molecular formula is C66H78N2S2Si. The number of benzene rings is 5. The Hall–Kier alpha value is -4.94. The Kier molecular flexibility index (Phi) is 16.7. The quantitative estimate of drug-likeness (QED) is 0.0597. The van der Waals surface area contributed by atoms with Crippen molar-refractivity contribution in [2.24, 2.45) is 11.8 Å². The molecule has 0 bridgehead atoms. The Morgan fingerprint density at radius 2 is 0.887 bits per heavy atom. The van der Waals surface area contributed by atoms with Gasteiger partial charge in [-0.1, -0.05) is 208 Å². The zero-order valence-corrected chi connectivity index (χ0v) is 46.9. The van der Waals surface area contributed by atoms with Crippen LogP contribution in [0.1, 0.15) is 140 Å². The van der Waals surface area contributed by atoms with Gasteiger partial charge in [-0.2, -0.15) is 0 Å². The molecule has 0 saturated carbocycles. The van der Waals surface area contributed by atoms with Crippen molar-refractivity contribution in [2.45, 2.75) is 157 Å². The van der Waals surface area contributed by atoms with E-state index in [-0.39, 0.29) is 0 Å². The lowest BCUT2D eigenvalue weighted by atomic mass is 9.98. The van der Waals surface area contributed by atoms with Gasteiger partial charge in [-0.05, 0) is 126 Å². The molecule has 0 radical (unpaired) electrons. The maximum Gasteiger partial charge on any atom is 0.120 e. The minimum Gasteiger partial charge on any atom is -0.243 e. The molecule has 2 nitrogen and oxygen atoms in total. The monoisotopic (exact) mass is 991 g/mol. The molecule has 2 atom stereocenters. The fourth-order valence-electron chi connectivity index (χ4n) is 11.7. The topological polar surface area (TPSA) is 25.8 Å².